The number of rotatable bonds is 7. The quantitative estimate of drug-likeness (QED) is 0.160. The number of nitrogens with zero attached hydrogens (tertiary/aromatic N) is 6. The van der Waals surface area contributed by atoms with Crippen molar-refractivity contribution < 1.29 is 0 Å². The lowest BCUT2D eigenvalue weighted by Gasteiger charge is -2.31. The summed E-state index contributed by atoms with van der Waals surface area (Å²) >= 11 is 0. The third kappa shape index (κ3) is 8.89. The SMILES string of the molecule is CC(C)(C)c1ccc2c(c1)c1ccccc1n2-c1c(-c2ccccn2)c(-n2c3ccccc3c3cc(C(C)(C)C)ccc32)c(-n2c3ccccc3c3cc(C(C)(C)C)ccc32)c(-n2c3ccccc3c3cc(C(C)(C)C)ccc32)c1-c1cccc(-c2ccccc2)n1. The average molecular weight is 1190 g/mol. The molecule has 0 atom stereocenters. The Balaban J connectivity index is 1.28. The molecule has 0 fully saturated rings. The summed E-state index contributed by atoms with van der Waals surface area (Å²) in [5.41, 5.74) is 22.7. The monoisotopic (exact) mass is 1190 g/mol. The van der Waals surface area contributed by atoms with Crippen molar-refractivity contribution in [2.45, 2.75) is 105 Å². The Morgan fingerprint density at radius 1 is 0.239 bits per heavy atom. The predicted molar refractivity (Wildman–Crippen MR) is 390 cm³/mol. The second kappa shape index (κ2) is 20.6. The molecule has 6 heteroatoms. The fourth-order valence-electron chi connectivity index (χ4n) is 14.6. The normalized spacial score (nSPS) is 12.8. The summed E-state index contributed by atoms with van der Waals surface area (Å²) in [6, 6.07) is 88.9. The highest BCUT2D eigenvalue weighted by Gasteiger charge is 2.37. The molecule has 16 rings (SSSR count). The first kappa shape index (κ1) is 56.9. The molecule has 92 heavy (non-hydrogen) atoms. The highest BCUT2D eigenvalue weighted by Crippen LogP contribution is 2.55. The Labute approximate surface area is 538 Å². The summed E-state index contributed by atoms with van der Waals surface area (Å²) in [6.45, 7) is 27.9. The zero-order valence-electron chi connectivity index (χ0n) is 54.8. The third-order valence-electron chi connectivity index (χ3n) is 19.4. The highest BCUT2D eigenvalue weighted by atomic mass is 15.1. The van der Waals surface area contributed by atoms with E-state index in [1.54, 1.807) is 0 Å². The van der Waals surface area contributed by atoms with Gasteiger partial charge >= 0.3 is 0 Å². The number of hydrogen-bond acceptors (Lipinski definition) is 2. The molecule has 0 amide bonds. The van der Waals surface area contributed by atoms with E-state index in [1.165, 1.54) is 65.3 Å². The van der Waals surface area contributed by atoms with Crippen LogP contribution >= 0.6 is 0 Å². The molecular formula is C86H76N6. The van der Waals surface area contributed by atoms with E-state index >= 15 is 0 Å². The Bertz CT molecular complexity index is 5660. The zero-order valence-corrected chi connectivity index (χ0v) is 54.8. The summed E-state index contributed by atoms with van der Waals surface area (Å²) in [5.74, 6) is 0. The van der Waals surface area contributed by atoms with Crippen LogP contribution in [-0.2, 0) is 21.7 Å². The van der Waals surface area contributed by atoms with Gasteiger partial charge in [-0.25, -0.2) is 4.98 Å². The molecule has 0 saturated carbocycles. The van der Waals surface area contributed by atoms with E-state index in [1.807, 2.05) is 6.20 Å². The first-order valence-corrected chi connectivity index (χ1v) is 32.6. The van der Waals surface area contributed by atoms with Crippen molar-refractivity contribution in [3.8, 4) is 56.5 Å². The number of fused-ring (bicyclic) bond motifs is 12. The standard InChI is InChI=1S/C86H76N6/c1-83(2,3)54-40-44-73-62(49-54)58-29-16-20-36-69(58)89(73)79-77(67-33-24-25-48-87-67)80(90-70-37-21-17-30-59(70)63-50-55(84(4,5)6)41-45-74(63)90)82(92-72-39-23-19-32-61(72)65-52-57(86(10,11)12)43-47-76(65)92)81(78(79)68-35-26-34-66(88-68)53-27-14-13-15-28-53)91-71-38-22-18-31-60(71)64-51-56(85(7,8)9)42-46-75(64)91/h13-52H,1-12H3. The average Bonchev–Trinajstić information content (AvgIpc) is 1.39. The Kier molecular flexibility index (Phi) is 12.7. The van der Waals surface area contributed by atoms with Gasteiger partial charge in [-0.1, -0.05) is 223 Å². The topological polar surface area (TPSA) is 45.5 Å². The van der Waals surface area contributed by atoms with Crippen LogP contribution in [0.1, 0.15) is 105 Å². The van der Waals surface area contributed by atoms with E-state index < -0.39 is 0 Å². The fraction of sp³-hybridized carbons (Fsp3) is 0.186. The fourth-order valence-corrected chi connectivity index (χ4v) is 14.6. The number of hydrogen-bond donors (Lipinski definition) is 0. The van der Waals surface area contributed by atoms with Gasteiger partial charge in [0.05, 0.1) is 95.1 Å². The van der Waals surface area contributed by atoms with Gasteiger partial charge in [-0.15, -0.1) is 0 Å². The van der Waals surface area contributed by atoms with Gasteiger partial charge in [-0.05, 0) is 141 Å². The van der Waals surface area contributed by atoms with Gasteiger partial charge in [0, 0.05) is 54.9 Å². The van der Waals surface area contributed by atoms with Crippen molar-refractivity contribution in [1.82, 2.24) is 28.2 Å². The lowest BCUT2D eigenvalue weighted by Crippen LogP contribution is -2.17. The molecule has 6 aromatic heterocycles. The molecule has 6 heterocycles. The number of aromatic nitrogens is 6. The first-order valence-electron chi connectivity index (χ1n) is 32.6. The Hall–Kier alpha value is -10.3. The number of benzene rings is 10. The largest absolute Gasteiger partial charge is 0.308 e. The van der Waals surface area contributed by atoms with Crippen LogP contribution in [0.2, 0.25) is 0 Å². The lowest BCUT2D eigenvalue weighted by molar-refractivity contribution is 0.591. The molecule has 0 radical (unpaired) electrons. The van der Waals surface area contributed by atoms with Crippen LogP contribution in [0.15, 0.2) is 243 Å². The Morgan fingerprint density at radius 2 is 0.543 bits per heavy atom. The molecule has 0 aliphatic rings. The van der Waals surface area contributed by atoms with Gasteiger partial charge in [-0.2, -0.15) is 0 Å². The maximum absolute atomic E-state index is 6.05. The molecule has 0 saturated heterocycles. The molecule has 0 aliphatic heterocycles. The van der Waals surface area contributed by atoms with Crippen molar-refractivity contribution in [3.05, 3.63) is 265 Å². The summed E-state index contributed by atoms with van der Waals surface area (Å²) in [5, 5.41) is 9.42. The van der Waals surface area contributed by atoms with Crippen molar-refractivity contribution in [1.29, 1.82) is 0 Å². The highest BCUT2D eigenvalue weighted by molar-refractivity contribution is 6.18. The van der Waals surface area contributed by atoms with Crippen molar-refractivity contribution in [3.63, 3.8) is 0 Å². The molecule has 16 aromatic rings. The molecule has 0 bridgehead atoms. The van der Waals surface area contributed by atoms with Crippen LogP contribution in [0.4, 0.5) is 0 Å². The van der Waals surface area contributed by atoms with Gasteiger partial charge in [-0.3, -0.25) is 4.98 Å². The maximum atomic E-state index is 6.05. The molecular weight excluding hydrogens is 1120 g/mol. The summed E-state index contributed by atoms with van der Waals surface area (Å²) in [7, 11) is 0. The van der Waals surface area contributed by atoms with Crippen LogP contribution in [0.3, 0.4) is 0 Å². The molecule has 10 aromatic carbocycles. The molecule has 0 N–H and O–H groups in total. The van der Waals surface area contributed by atoms with Gasteiger partial charge in [0.2, 0.25) is 0 Å². The van der Waals surface area contributed by atoms with E-state index in [-0.39, 0.29) is 21.7 Å². The van der Waals surface area contributed by atoms with E-state index in [0.717, 1.165) is 101 Å². The van der Waals surface area contributed by atoms with Gasteiger partial charge in [0.15, 0.2) is 0 Å². The van der Waals surface area contributed by atoms with Gasteiger partial charge < -0.3 is 18.3 Å². The predicted octanol–water partition coefficient (Wildman–Crippen LogP) is 23.1. The minimum absolute atomic E-state index is 0.117. The van der Waals surface area contributed by atoms with E-state index in [2.05, 4.69) is 338 Å². The van der Waals surface area contributed by atoms with E-state index in [0.29, 0.717) is 0 Å². The van der Waals surface area contributed by atoms with Crippen LogP contribution in [-0.4, -0.2) is 28.2 Å². The van der Waals surface area contributed by atoms with Crippen molar-refractivity contribution in [2.24, 2.45) is 0 Å². The van der Waals surface area contributed by atoms with Gasteiger partial charge in [0.1, 0.15) is 0 Å². The van der Waals surface area contributed by atoms with Gasteiger partial charge in [0.25, 0.3) is 0 Å². The maximum Gasteiger partial charge on any atom is 0.0962 e. The third-order valence-corrected chi connectivity index (χ3v) is 19.4. The molecule has 0 aliphatic carbocycles. The van der Waals surface area contributed by atoms with Crippen LogP contribution in [0.25, 0.3) is 144 Å². The lowest BCUT2D eigenvalue weighted by atomic mass is 9.86. The Morgan fingerprint density at radius 3 is 0.913 bits per heavy atom. The van der Waals surface area contributed by atoms with Crippen molar-refractivity contribution in [2.75, 3.05) is 0 Å². The first-order chi connectivity index (χ1) is 44.2. The molecule has 0 unspecified atom stereocenters. The second-order valence-electron chi connectivity index (χ2n) is 29.5. The number of pyridine rings is 2. The van der Waals surface area contributed by atoms with E-state index in [4.69, 9.17) is 9.97 Å². The smallest absolute Gasteiger partial charge is 0.0962 e. The summed E-state index contributed by atoms with van der Waals surface area (Å²) in [6.07, 6.45) is 1.97. The van der Waals surface area contributed by atoms with E-state index in [9.17, 15) is 0 Å². The van der Waals surface area contributed by atoms with Crippen LogP contribution < -0.4 is 0 Å². The molecule has 450 valence electrons. The second-order valence-corrected chi connectivity index (χ2v) is 29.5. The summed E-state index contributed by atoms with van der Waals surface area (Å²) < 4.78 is 10.4. The minimum atomic E-state index is -0.123. The summed E-state index contributed by atoms with van der Waals surface area (Å²) in [4.78, 5) is 11.7. The molecule has 0 spiro atoms. The zero-order chi connectivity index (χ0) is 63.3. The van der Waals surface area contributed by atoms with Crippen molar-refractivity contribution >= 4 is 87.2 Å². The van der Waals surface area contributed by atoms with Crippen LogP contribution in [0, 0.1) is 0 Å². The molecule has 6 nitrogen and oxygen atoms in total. The minimum Gasteiger partial charge on any atom is -0.308 e. The van der Waals surface area contributed by atoms with Crippen LogP contribution in [0.5, 0.6) is 0 Å². The number of para-hydroxylation sites is 4.